The van der Waals surface area contributed by atoms with E-state index in [0.717, 1.165) is 50.4 Å². The molecule has 4 rings (SSSR count). The Hall–Kier alpha value is -2.65. The van der Waals surface area contributed by atoms with E-state index >= 15 is 0 Å². The van der Waals surface area contributed by atoms with Crippen molar-refractivity contribution in [1.82, 2.24) is 15.1 Å². The van der Waals surface area contributed by atoms with Crippen LogP contribution in [0.2, 0.25) is 10.0 Å². The van der Waals surface area contributed by atoms with Crippen molar-refractivity contribution in [2.45, 2.75) is 57.5 Å². The molecule has 228 valence electrons. The number of hydrogen-bond donors (Lipinski definition) is 1. The van der Waals surface area contributed by atoms with Gasteiger partial charge in [0.2, 0.25) is 11.8 Å². The highest BCUT2D eigenvalue weighted by Gasteiger charge is 2.48. The van der Waals surface area contributed by atoms with Crippen LogP contribution in [0.4, 0.5) is 0 Å². The van der Waals surface area contributed by atoms with E-state index in [4.69, 9.17) is 32.7 Å². The first-order valence-corrected chi connectivity index (χ1v) is 15.6. The minimum absolute atomic E-state index is 0.0382. The summed E-state index contributed by atoms with van der Waals surface area (Å²) in [4.78, 5) is 44.6. The molecule has 4 atom stereocenters. The SMILES string of the molecule is CCOC(=O)C(CC)N1C(=O)C(CC(=O)NCCCN2CCOCC2)CC(c2cccc(Cl)c2)C1c1ccc(Cl)cc1. The Labute approximate surface area is 258 Å². The summed E-state index contributed by atoms with van der Waals surface area (Å²) in [6.07, 6.45) is 1.67. The van der Waals surface area contributed by atoms with Crippen molar-refractivity contribution in [3.05, 3.63) is 69.7 Å². The van der Waals surface area contributed by atoms with E-state index in [2.05, 4.69) is 10.2 Å². The van der Waals surface area contributed by atoms with Gasteiger partial charge in [0, 0.05) is 47.9 Å². The zero-order chi connectivity index (χ0) is 30.1. The minimum atomic E-state index is -0.806. The largest absolute Gasteiger partial charge is 0.464 e. The molecule has 0 radical (unpaired) electrons. The van der Waals surface area contributed by atoms with Gasteiger partial charge in [-0.3, -0.25) is 14.5 Å². The molecule has 0 bridgehead atoms. The number of morpholine rings is 1. The van der Waals surface area contributed by atoms with Crippen LogP contribution in [0, 0.1) is 5.92 Å². The van der Waals surface area contributed by atoms with Crippen molar-refractivity contribution < 1.29 is 23.9 Å². The lowest BCUT2D eigenvalue weighted by Crippen LogP contribution is -2.55. The van der Waals surface area contributed by atoms with Crippen LogP contribution >= 0.6 is 23.2 Å². The molecule has 2 aliphatic rings. The molecule has 2 amide bonds. The predicted octanol–water partition coefficient (Wildman–Crippen LogP) is 5.24. The van der Waals surface area contributed by atoms with Crippen LogP contribution in [0.25, 0.3) is 0 Å². The number of benzene rings is 2. The number of hydrogen-bond acceptors (Lipinski definition) is 6. The van der Waals surface area contributed by atoms with E-state index in [-0.39, 0.29) is 30.8 Å². The van der Waals surface area contributed by atoms with Gasteiger partial charge in [-0.05, 0) is 68.1 Å². The molecule has 2 aromatic carbocycles. The third kappa shape index (κ3) is 8.25. The number of piperidine rings is 1. The Morgan fingerprint density at radius 2 is 1.79 bits per heavy atom. The lowest BCUT2D eigenvalue weighted by atomic mass is 9.74. The molecule has 0 aromatic heterocycles. The molecule has 2 fully saturated rings. The second-order valence-corrected chi connectivity index (χ2v) is 11.7. The van der Waals surface area contributed by atoms with Crippen molar-refractivity contribution in [2.24, 2.45) is 5.92 Å². The molecule has 42 heavy (non-hydrogen) atoms. The number of likely N-dealkylation sites (tertiary alicyclic amines) is 1. The summed E-state index contributed by atoms with van der Waals surface area (Å²) in [5, 5.41) is 4.17. The maximum absolute atomic E-state index is 14.3. The van der Waals surface area contributed by atoms with Gasteiger partial charge in [-0.1, -0.05) is 54.4 Å². The Morgan fingerprint density at radius 3 is 2.45 bits per heavy atom. The number of ether oxygens (including phenoxy) is 2. The number of rotatable bonds is 12. The van der Waals surface area contributed by atoms with E-state index in [1.165, 1.54) is 0 Å². The van der Waals surface area contributed by atoms with Crippen LogP contribution in [0.1, 0.15) is 62.6 Å². The third-order valence-electron chi connectivity index (χ3n) is 8.10. The van der Waals surface area contributed by atoms with Crippen molar-refractivity contribution in [3.8, 4) is 0 Å². The fraction of sp³-hybridized carbons (Fsp3) is 0.531. The van der Waals surface area contributed by atoms with Gasteiger partial charge >= 0.3 is 5.97 Å². The number of esters is 1. The number of nitrogens with zero attached hydrogens (tertiary/aromatic N) is 2. The Kier molecular flexibility index (Phi) is 12.1. The number of nitrogens with one attached hydrogen (secondary N) is 1. The van der Waals surface area contributed by atoms with Crippen LogP contribution in [0.3, 0.4) is 0 Å². The maximum atomic E-state index is 14.3. The second-order valence-electron chi connectivity index (χ2n) is 10.9. The smallest absolute Gasteiger partial charge is 0.328 e. The molecule has 2 aliphatic heterocycles. The monoisotopic (exact) mass is 617 g/mol. The first-order valence-electron chi connectivity index (χ1n) is 14.9. The van der Waals surface area contributed by atoms with Gasteiger partial charge in [0.05, 0.1) is 25.9 Å². The molecule has 4 unspecified atom stereocenters. The minimum Gasteiger partial charge on any atom is -0.464 e. The van der Waals surface area contributed by atoms with Gasteiger partial charge in [0.15, 0.2) is 0 Å². The van der Waals surface area contributed by atoms with Crippen molar-refractivity contribution in [3.63, 3.8) is 0 Å². The molecule has 0 aliphatic carbocycles. The standard InChI is InChI=1S/C32H41Cl2N3O5/c1-3-28(32(40)42-4-2)37-30(22-9-11-25(33)12-10-22)27(23-7-5-8-26(34)19-23)20-24(31(37)39)21-29(38)35-13-6-14-36-15-17-41-18-16-36/h5,7-12,19,24,27-28,30H,3-4,6,13-18,20-21H2,1-2H3,(H,35,38). The second kappa shape index (κ2) is 15.7. The summed E-state index contributed by atoms with van der Waals surface area (Å²) >= 11 is 12.6. The Morgan fingerprint density at radius 1 is 1.05 bits per heavy atom. The van der Waals surface area contributed by atoms with E-state index in [1.54, 1.807) is 24.0 Å². The van der Waals surface area contributed by atoms with Gasteiger partial charge < -0.3 is 19.7 Å². The van der Waals surface area contributed by atoms with E-state index in [0.29, 0.717) is 29.4 Å². The summed E-state index contributed by atoms with van der Waals surface area (Å²) in [6.45, 7) is 8.52. The fourth-order valence-electron chi connectivity index (χ4n) is 6.07. The number of carbonyl (C=O) groups excluding carboxylic acids is 3. The maximum Gasteiger partial charge on any atom is 0.328 e. The highest BCUT2D eigenvalue weighted by Crippen LogP contribution is 2.47. The average Bonchev–Trinajstić information content (AvgIpc) is 2.98. The topological polar surface area (TPSA) is 88.2 Å². The lowest BCUT2D eigenvalue weighted by molar-refractivity contribution is -0.163. The van der Waals surface area contributed by atoms with Crippen LogP contribution in [-0.2, 0) is 23.9 Å². The van der Waals surface area contributed by atoms with Crippen LogP contribution in [0.15, 0.2) is 48.5 Å². The van der Waals surface area contributed by atoms with Gasteiger partial charge in [0.25, 0.3) is 0 Å². The molecule has 10 heteroatoms. The summed E-state index contributed by atoms with van der Waals surface area (Å²) < 4.78 is 10.8. The van der Waals surface area contributed by atoms with E-state index in [9.17, 15) is 14.4 Å². The first-order chi connectivity index (χ1) is 20.3. The van der Waals surface area contributed by atoms with Crippen LogP contribution < -0.4 is 5.32 Å². The Bertz CT molecular complexity index is 1200. The van der Waals surface area contributed by atoms with Gasteiger partial charge in [-0.2, -0.15) is 0 Å². The van der Waals surface area contributed by atoms with Gasteiger partial charge in [0.1, 0.15) is 6.04 Å². The molecule has 2 saturated heterocycles. The van der Waals surface area contributed by atoms with Crippen LogP contribution in [0.5, 0.6) is 0 Å². The van der Waals surface area contributed by atoms with Crippen LogP contribution in [-0.4, -0.2) is 79.6 Å². The zero-order valence-electron chi connectivity index (χ0n) is 24.4. The molecule has 2 aromatic rings. The molecule has 0 saturated carbocycles. The van der Waals surface area contributed by atoms with Gasteiger partial charge in [-0.25, -0.2) is 4.79 Å². The molecular formula is C32H41Cl2N3O5. The predicted molar refractivity (Wildman–Crippen MR) is 164 cm³/mol. The van der Waals surface area contributed by atoms with Gasteiger partial charge in [-0.15, -0.1) is 0 Å². The summed E-state index contributed by atoms with van der Waals surface area (Å²) in [6, 6.07) is 13.7. The number of halogens is 2. The molecule has 8 nitrogen and oxygen atoms in total. The van der Waals surface area contributed by atoms with Crippen molar-refractivity contribution in [1.29, 1.82) is 0 Å². The van der Waals surface area contributed by atoms with E-state index in [1.807, 2.05) is 43.3 Å². The number of carbonyl (C=O) groups is 3. The summed E-state index contributed by atoms with van der Waals surface area (Å²) in [7, 11) is 0. The molecule has 2 heterocycles. The average molecular weight is 619 g/mol. The van der Waals surface area contributed by atoms with Crippen molar-refractivity contribution >= 4 is 41.0 Å². The highest BCUT2D eigenvalue weighted by molar-refractivity contribution is 6.30. The fourth-order valence-corrected chi connectivity index (χ4v) is 6.40. The lowest BCUT2D eigenvalue weighted by Gasteiger charge is -2.47. The summed E-state index contributed by atoms with van der Waals surface area (Å²) in [5.74, 6) is -1.68. The number of amides is 2. The normalized spacial score (nSPS) is 22.0. The molecular weight excluding hydrogens is 577 g/mol. The summed E-state index contributed by atoms with van der Waals surface area (Å²) in [5.41, 5.74) is 1.79. The highest BCUT2D eigenvalue weighted by atomic mass is 35.5. The molecule has 1 N–H and O–H groups in total. The molecule has 0 spiro atoms. The Balaban J connectivity index is 1.61. The quantitative estimate of drug-likeness (QED) is 0.259. The zero-order valence-corrected chi connectivity index (χ0v) is 25.9. The van der Waals surface area contributed by atoms with E-state index < -0.39 is 24.0 Å². The first kappa shape index (κ1) is 32.3. The third-order valence-corrected chi connectivity index (χ3v) is 8.59. The van der Waals surface area contributed by atoms with Crippen molar-refractivity contribution in [2.75, 3.05) is 46.0 Å².